The fourth-order valence-corrected chi connectivity index (χ4v) is 4.49. The van der Waals surface area contributed by atoms with Crippen LogP contribution in [0.25, 0.3) is 22.5 Å². The first-order chi connectivity index (χ1) is 13.5. The van der Waals surface area contributed by atoms with Gasteiger partial charge in [0.25, 0.3) is 5.91 Å². The van der Waals surface area contributed by atoms with Crippen LogP contribution in [0.3, 0.4) is 0 Å². The molecule has 1 amide bonds. The van der Waals surface area contributed by atoms with Gasteiger partial charge in [-0.1, -0.05) is 0 Å². The number of benzene rings is 1. The summed E-state index contributed by atoms with van der Waals surface area (Å²) >= 11 is 3.15. The Kier molecular flexibility index (Phi) is 4.97. The molecule has 1 aromatic carbocycles. The van der Waals surface area contributed by atoms with Crippen molar-refractivity contribution in [3.8, 4) is 28.3 Å². The molecule has 0 unspecified atom stereocenters. The van der Waals surface area contributed by atoms with Gasteiger partial charge in [0.1, 0.15) is 11.4 Å². The van der Waals surface area contributed by atoms with Crippen LogP contribution in [-0.2, 0) is 0 Å². The van der Waals surface area contributed by atoms with Crippen molar-refractivity contribution >= 4 is 33.7 Å². The molecule has 0 aliphatic rings. The summed E-state index contributed by atoms with van der Waals surface area (Å²) in [6, 6.07) is 11.3. The number of rotatable bonds is 5. The van der Waals surface area contributed by atoms with Crippen molar-refractivity contribution in [2.24, 2.45) is 0 Å². The van der Waals surface area contributed by atoms with Crippen molar-refractivity contribution in [2.45, 2.75) is 13.8 Å². The molecule has 0 saturated carbocycles. The van der Waals surface area contributed by atoms with Gasteiger partial charge in [-0.25, -0.2) is 4.98 Å². The van der Waals surface area contributed by atoms with Crippen molar-refractivity contribution < 1.29 is 9.53 Å². The van der Waals surface area contributed by atoms with Crippen LogP contribution in [0.2, 0.25) is 0 Å². The zero-order valence-electron chi connectivity index (χ0n) is 15.6. The highest BCUT2D eigenvalue weighted by molar-refractivity contribution is 7.14. The van der Waals surface area contributed by atoms with E-state index in [0.717, 1.165) is 22.6 Å². The first-order valence-corrected chi connectivity index (χ1v) is 10.3. The Morgan fingerprint density at radius 2 is 1.93 bits per heavy atom. The third-order valence-electron chi connectivity index (χ3n) is 4.25. The molecule has 0 aliphatic carbocycles. The number of thiazole rings is 1. The zero-order chi connectivity index (χ0) is 19.7. The Hall–Kier alpha value is -2.97. The minimum absolute atomic E-state index is 0.272. The largest absolute Gasteiger partial charge is 0.497 e. The van der Waals surface area contributed by atoms with Crippen molar-refractivity contribution in [3.63, 3.8) is 0 Å². The predicted molar refractivity (Wildman–Crippen MR) is 113 cm³/mol. The van der Waals surface area contributed by atoms with E-state index in [1.54, 1.807) is 24.5 Å². The second-order valence-corrected chi connectivity index (χ2v) is 8.53. The summed E-state index contributed by atoms with van der Waals surface area (Å²) in [5, 5.41) is 12.4. The molecular formula is C20H18N4O2S2. The lowest BCUT2D eigenvalue weighted by molar-refractivity contribution is 0.102. The van der Waals surface area contributed by atoms with Crippen molar-refractivity contribution in [1.29, 1.82) is 0 Å². The van der Waals surface area contributed by atoms with E-state index in [0.29, 0.717) is 16.5 Å². The van der Waals surface area contributed by atoms with E-state index in [1.807, 2.05) is 29.6 Å². The van der Waals surface area contributed by atoms with Crippen LogP contribution in [0.5, 0.6) is 5.75 Å². The number of hydrogen-bond acceptors (Lipinski definition) is 6. The molecule has 28 heavy (non-hydrogen) atoms. The summed E-state index contributed by atoms with van der Waals surface area (Å²) in [5.74, 6) is 0.499. The summed E-state index contributed by atoms with van der Waals surface area (Å²) in [4.78, 5) is 19.6. The number of aryl methyl sites for hydroxylation is 2. The Morgan fingerprint density at radius 3 is 2.61 bits per heavy atom. The fraction of sp³-hybridized carbons (Fsp3) is 0.150. The number of ether oxygens (including phenoxy) is 1. The summed E-state index contributed by atoms with van der Waals surface area (Å²) in [7, 11) is 1.62. The van der Waals surface area contributed by atoms with E-state index >= 15 is 0 Å². The molecule has 6 nitrogen and oxygen atoms in total. The number of anilines is 1. The maximum atomic E-state index is 12.5. The van der Waals surface area contributed by atoms with Gasteiger partial charge in [0.05, 0.1) is 18.5 Å². The number of thiophene rings is 1. The highest BCUT2D eigenvalue weighted by Crippen LogP contribution is 2.32. The molecule has 0 radical (unpaired) electrons. The van der Waals surface area contributed by atoms with E-state index < -0.39 is 0 Å². The van der Waals surface area contributed by atoms with E-state index in [-0.39, 0.29) is 5.91 Å². The lowest BCUT2D eigenvalue weighted by atomic mass is 10.1. The standard InChI is InChI=1S/C20H18N4O2S2/c1-11-8-15(12(2)28-11)18-10-27-20(21-18)22-19(25)17-9-16(23-24-17)13-4-6-14(26-3)7-5-13/h4-10H,1-3H3,(H,23,24)(H,21,22,25). The molecule has 4 rings (SSSR count). The second-order valence-electron chi connectivity index (χ2n) is 6.21. The Labute approximate surface area is 170 Å². The van der Waals surface area contributed by atoms with Gasteiger partial charge in [0, 0.05) is 26.3 Å². The highest BCUT2D eigenvalue weighted by atomic mass is 32.1. The van der Waals surface area contributed by atoms with Gasteiger partial charge in [-0.2, -0.15) is 5.10 Å². The van der Waals surface area contributed by atoms with Crippen LogP contribution in [0, 0.1) is 13.8 Å². The van der Waals surface area contributed by atoms with E-state index in [2.05, 4.69) is 40.4 Å². The first kappa shape index (κ1) is 18.4. The van der Waals surface area contributed by atoms with Gasteiger partial charge < -0.3 is 4.74 Å². The van der Waals surface area contributed by atoms with Crippen LogP contribution in [0.15, 0.2) is 41.8 Å². The number of carbonyl (C=O) groups is 1. The monoisotopic (exact) mass is 410 g/mol. The quantitative estimate of drug-likeness (QED) is 0.477. The molecule has 3 heterocycles. The predicted octanol–water partition coefficient (Wildman–Crippen LogP) is 5.14. The molecule has 0 spiro atoms. The molecule has 0 bridgehead atoms. The van der Waals surface area contributed by atoms with Gasteiger partial charge in [-0.05, 0) is 50.2 Å². The maximum Gasteiger partial charge on any atom is 0.275 e. The average Bonchev–Trinajstić information content (AvgIpc) is 3.42. The van der Waals surface area contributed by atoms with Gasteiger partial charge in [0.15, 0.2) is 5.13 Å². The zero-order valence-corrected chi connectivity index (χ0v) is 17.2. The Balaban J connectivity index is 1.48. The van der Waals surface area contributed by atoms with Crippen molar-refractivity contribution in [3.05, 3.63) is 57.2 Å². The summed E-state index contributed by atoms with van der Waals surface area (Å²) in [5.41, 5.74) is 3.96. The van der Waals surface area contributed by atoms with Gasteiger partial charge in [-0.3, -0.25) is 15.2 Å². The molecule has 4 aromatic rings. The topological polar surface area (TPSA) is 79.9 Å². The Morgan fingerprint density at radius 1 is 1.14 bits per heavy atom. The van der Waals surface area contributed by atoms with Crippen molar-refractivity contribution in [1.82, 2.24) is 15.2 Å². The lowest BCUT2D eigenvalue weighted by Gasteiger charge is -2.00. The first-order valence-electron chi connectivity index (χ1n) is 8.57. The summed E-state index contributed by atoms with van der Waals surface area (Å²) in [6.07, 6.45) is 0. The summed E-state index contributed by atoms with van der Waals surface area (Å²) < 4.78 is 5.16. The number of aromatic nitrogens is 3. The van der Waals surface area contributed by atoms with Crippen molar-refractivity contribution in [2.75, 3.05) is 12.4 Å². The minimum atomic E-state index is -0.272. The number of nitrogens with zero attached hydrogens (tertiary/aromatic N) is 2. The van der Waals surface area contributed by atoms with Crippen LogP contribution < -0.4 is 10.1 Å². The number of H-pyrrole nitrogens is 1. The number of amides is 1. The number of aromatic amines is 1. The van der Waals surface area contributed by atoms with Crippen LogP contribution >= 0.6 is 22.7 Å². The average molecular weight is 411 g/mol. The van der Waals surface area contributed by atoms with E-state index in [9.17, 15) is 4.79 Å². The highest BCUT2D eigenvalue weighted by Gasteiger charge is 2.15. The molecule has 2 N–H and O–H groups in total. The normalized spacial score (nSPS) is 10.8. The molecule has 0 saturated heterocycles. The molecule has 8 heteroatoms. The third-order valence-corrected chi connectivity index (χ3v) is 5.97. The van der Waals surface area contributed by atoms with E-state index in [4.69, 9.17) is 4.74 Å². The SMILES string of the molecule is COc1ccc(-c2cc(C(=O)Nc3nc(-c4cc(C)sc4C)cs3)[nH]n2)cc1. The van der Waals surface area contributed by atoms with Gasteiger partial charge >= 0.3 is 0 Å². The third kappa shape index (κ3) is 3.69. The number of methoxy groups -OCH3 is 1. The molecule has 0 atom stereocenters. The molecule has 142 valence electrons. The van der Waals surface area contributed by atoms with Gasteiger partial charge in [0.2, 0.25) is 0 Å². The second kappa shape index (κ2) is 7.57. The number of hydrogen-bond donors (Lipinski definition) is 2. The smallest absolute Gasteiger partial charge is 0.275 e. The Bertz CT molecular complexity index is 1130. The van der Waals surface area contributed by atoms with Crippen LogP contribution in [-0.4, -0.2) is 28.2 Å². The maximum absolute atomic E-state index is 12.5. The number of carbonyl (C=O) groups excluding carboxylic acids is 1. The number of nitrogens with one attached hydrogen (secondary N) is 2. The molecule has 0 fully saturated rings. The molecule has 0 aliphatic heterocycles. The van der Waals surface area contributed by atoms with E-state index in [1.165, 1.54) is 21.1 Å². The summed E-state index contributed by atoms with van der Waals surface area (Å²) in [6.45, 7) is 4.16. The minimum Gasteiger partial charge on any atom is -0.497 e. The van der Waals surface area contributed by atoms with Crippen LogP contribution in [0.1, 0.15) is 20.2 Å². The fourth-order valence-electron chi connectivity index (χ4n) is 2.85. The van der Waals surface area contributed by atoms with Gasteiger partial charge in [-0.15, -0.1) is 22.7 Å². The molecule has 3 aromatic heterocycles. The van der Waals surface area contributed by atoms with Crippen LogP contribution in [0.4, 0.5) is 5.13 Å². The lowest BCUT2D eigenvalue weighted by Crippen LogP contribution is -2.12. The molecular weight excluding hydrogens is 392 g/mol.